The molecule has 1 saturated carbocycles. The van der Waals surface area contributed by atoms with Gasteiger partial charge in [0.25, 0.3) is 0 Å². The van der Waals surface area contributed by atoms with Gasteiger partial charge in [0.1, 0.15) is 5.75 Å². The van der Waals surface area contributed by atoms with Gasteiger partial charge in [0.15, 0.2) is 0 Å². The molecule has 3 heteroatoms. The highest BCUT2D eigenvalue weighted by atomic mass is 16.5. The van der Waals surface area contributed by atoms with Gasteiger partial charge in [-0.2, -0.15) is 0 Å². The highest BCUT2D eigenvalue weighted by Gasteiger charge is 2.22. The van der Waals surface area contributed by atoms with E-state index in [0.29, 0.717) is 6.61 Å². The quantitative estimate of drug-likeness (QED) is 0.886. The fourth-order valence-electron chi connectivity index (χ4n) is 2.80. The lowest BCUT2D eigenvalue weighted by Crippen LogP contribution is -2.33. The SMILES string of the molecule is CCOc1ccc([C@H](C)NC(=O)C2CCCCC2)cc1. The largest absolute Gasteiger partial charge is 0.494 e. The van der Waals surface area contributed by atoms with Crippen LogP contribution in [0.5, 0.6) is 5.75 Å². The van der Waals surface area contributed by atoms with Gasteiger partial charge in [-0.25, -0.2) is 0 Å². The molecule has 1 fully saturated rings. The lowest BCUT2D eigenvalue weighted by molar-refractivity contribution is -0.126. The van der Waals surface area contributed by atoms with Crippen LogP contribution >= 0.6 is 0 Å². The molecule has 0 saturated heterocycles. The van der Waals surface area contributed by atoms with E-state index in [-0.39, 0.29) is 17.9 Å². The summed E-state index contributed by atoms with van der Waals surface area (Å²) in [4.78, 5) is 12.2. The number of amides is 1. The van der Waals surface area contributed by atoms with Crippen molar-refractivity contribution >= 4 is 5.91 Å². The molecule has 110 valence electrons. The van der Waals surface area contributed by atoms with Gasteiger partial charge in [-0.05, 0) is 44.4 Å². The first-order chi connectivity index (χ1) is 9.70. The Balaban J connectivity index is 1.89. The van der Waals surface area contributed by atoms with Gasteiger partial charge >= 0.3 is 0 Å². The van der Waals surface area contributed by atoms with Gasteiger partial charge in [0.05, 0.1) is 12.6 Å². The summed E-state index contributed by atoms with van der Waals surface area (Å²) in [7, 11) is 0. The van der Waals surface area contributed by atoms with Crippen molar-refractivity contribution in [1.82, 2.24) is 5.32 Å². The monoisotopic (exact) mass is 275 g/mol. The first kappa shape index (κ1) is 14.9. The van der Waals surface area contributed by atoms with Gasteiger partial charge in [-0.3, -0.25) is 4.79 Å². The van der Waals surface area contributed by atoms with Crippen LogP contribution < -0.4 is 10.1 Å². The standard InChI is InChI=1S/C17H25NO2/c1-3-20-16-11-9-14(10-12-16)13(2)18-17(19)15-7-5-4-6-8-15/h9-13,15H,3-8H2,1-2H3,(H,18,19)/t13-/m0/s1. The van der Waals surface area contributed by atoms with Crippen LogP contribution in [0.3, 0.4) is 0 Å². The zero-order valence-electron chi connectivity index (χ0n) is 12.5. The van der Waals surface area contributed by atoms with Crippen molar-refractivity contribution in [1.29, 1.82) is 0 Å². The maximum absolute atomic E-state index is 12.2. The molecule has 1 aliphatic rings. The van der Waals surface area contributed by atoms with E-state index in [2.05, 4.69) is 5.32 Å². The molecule has 0 unspecified atom stereocenters. The average molecular weight is 275 g/mol. The van der Waals surface area contributed by atoms with E-state index in [4.69, 9.17) is 4.74 Å². The van der Waals surface area contributed by atoms with Crippen molar-refractivity contribution in [2.24, 2.45) is 5.92 Å². The molecular weight excluding hydrogens is 250 g/mol. The highest BCUT2D eigenvalue weighted by Crippen LogP contribution is 2.25. The van der Waals surface area contributed by atoms with Crippen molar-refractivity contribution in [3.05, 3.63) is 29.8 Å². The van der Waals surface area contributed by atoms with Crippen molar-refractivity contribution < 1.29 is 9.53 Å². The van der Waals surface area contributed by atoms with Gasteiger partial charge in [0, 0.05) is 5.92 Å². The number of benzene rings is 1. The molecule has 0 radical (unpaired) electrons. The van der Waals surface area contributed by atoms with Crippen molar-refractivity contribution in [2.45, 2.75) is 52.0 Å². The summed E-state index contributed by atoms with van der Waals surface area (Å²) in [6.07, 6.45) is 5.74. The van der Waals surface area contributed by atoms with Crippen LogP contribution in [0.4, 0.5) is 0 Å². The molecular formula is C17H25NO2. The van der Waals surface area contributed by atoms with E-state index >= 15 is 0 Å². The number of carbonyl (C=O) groups is 1. The third-order valence-corrected chi connectivity index (χ3v) is 4.03. The summed E-state index contributed by atoms with van der Waals surface area (Å²) in [6, 6.07) is 8.03. The van der Waals surface area contributed by atoms with Crippen LogP contribution in [-0.4, -0.2) is 12.5 Å². The minimum absolute atomic E-state index is 0.0557. The zero-order valence-corrected chi connectivity index (χ0v) is 12.5. The molecule has 1 amide bonds. The number of carbonyl (C=O) groups excluding carboxylic acids is 1. The molecule has 3 nitrogen and oxygen atoms in total. The molecule has 1 aliphatic carbocycles. The molecule has 1 aromatic carbocycles. The molecule has 2 rings (SSSR count). The molecule has 1 N–H and O–H groups in total. The Morgan fingerprint density at radius 2 is 1.90 bits per heavy atom. The second-order valence-corrected chi connectivity index (χ2v) is 5.57. The van der Waals surface area contributed by atoms with E-state index < -0.39 is 0 Å². The fourth-order valence-corrected chi connectivity index (χ4v) is 2.80. The van der Waals surface area contributed by atoms with Gasteiger partial charge in [0.2, 0.25) is 5.91 Å². The predicted octanol–water partition coefficient (Wildman–Crippen LogP) is 3.84. The van der Waals surface area contributed by atoms with Crippen molar-refractivity contribution in [2.75, 3.05) is 6.61 Å². The topological polar surface area (TPSA) is 38.3 Å². The number of rotatable bonds is 5. The number of hydrogen-bond acceptors (Lipinski definition) is 2. The summed E-state index contributed by atoms with van der Waals surface area (Å²) >= 11 is 0. The molecule has 0 heterocycles. The Morgan fingerprint density at radius 3 is 2.50 bits per heavy atom. The molecule has 1 aromatic rings. The Kier molecular flexibility index (Phi) is 5.45. The smallest absolute Gasteiger partial charge is 0.223 e. The summed E-state index contributed by atoms with van der Waals surface area (Å²) in [5.74, 6) is 1.31. The third kappa shape index (κ3) is 3.99. The van der Waals surface area contributed by atoms with E-state index in [1.165, 1.54) is 19.3 Å². The number of hydrogen-bond donors (Lipinski definition) is 1. The maximum atomic E-state index is 12.2. The fraction of sp³-hybridized carbons (Fsp3) is 0.588. The summed E-state index contributed by atoms with van der Waals surface area (Å²) in [5, 5.41) is 3.14. The normalized spacial score (nSPS) is 17.5. The van der Waals surface area contributed by atoms with E-state index in [1.807, 2.05) is 38.1 Å². The highest BCUT2D eigenvalue weighted by molar-refractivity contribution is 5.79. The lowest BCUT2D eigenvalue weighted by atomic mass is 9.88. The van der Waals surface area contributed by atoms with Gasteiger partial charge < -0.3 is 10.1 Å². The minimum Gasteiger partial charge on any atom is -0.494 e. The average Bonchev–Trinajstić information content (AvgIpc) is 2.49. The number of nitrogens with one attached hydrogen (secondary N) is 1. The third-order valence-electron chi connectivity index (χ3n) is 4.03. The van der Waals surface area contributed by atoms with E-state index in [0.717, 1.165) is 24.2 Å². The molecule has 0 aromatic heterocycles. The Labute approximate surface area is 121 Å². The van der Waals surface area contributed by atoms with Gasteiger partial charge in [-0.1, -0.05) is 31.4 Å². The van der Waals surface area contributed by atoms with Gasteiger partial charge in [-0.15, -0.1) is 0 Å². The summed E-state index contributed by atoms with van der Waals surface area (Å²) in [6.45, 7) is 4.69. The number of ether oxygens (including phenoxy) is 1. The predicted molar refractivity (Wildman–Crippen MR) is 80.7 cm³/mol. The second kappa shape index (κ2) is 7.32. The van der Waals surface area contributed by atoms with E-state index in [1.54, 1.807) is 0 Å². The summed E-state index contributed by atoms with van der Waals surface area (Å²) in [5.41, 5.74) is 1.12. The zero-order chi connectivity index (χ0) is 14.4. The second-order valence-electron chi connectivity index (χ2n) is 5.57. The Morgan fingerprint density at radius 1 is 1.25 bits per heavy atom. The minimum atomic E-state index is 0.0557. The van der Waals surface area contributed by atoms with E-state index in [9.17, 15) is 4.79 Å². The molecule has 0 spiro atoms. The first-order valence-electron chi connectivity index (χ1n) is 7.74. The molecule has 1 atom stereocenters. The maximum Gasteiger partial charge on any atom is 0.223 e. The molecule has 0 aliphatic heterocycles. The first-order valence-corrected chi connectivity index (χ1v) is 7.74. The Hall–Kier alpha value is -1.51. The molecule has 0 bridgehead atoms. The lowest BCUT2D eigenvalue weighted by Gasteiger charge is -2.23. The van der Waals surface area contributed by atoms with Crippen LogP contribution in [0.25, 0.3) is 0 Å². The van der Waals surface area contributed by atoms with Crippen LogP contribution in [-0.2, 0) is 4.79 Å². The van der Waals surface area contributed by atoms with Crippen LogP contribution in [0.15, 0.2) is 24.3 Å². The van der Waals surface area contributed by atoms with Crippen molar-refractivity contribution in [3.63, 3.8) is 0 Å². The molecule has 20 heavy (non-hydrogen) atoms. The van der Waals surface area contributed by atoms with Crippen molar-refractivity contribution in [3.8, 4) is 5.75 Å². The van der Waals surface area contributed by atoms with Crippen LogP contribution in [0, 0.1) is 5.92 Å². The summed E-state index contributed by atoms with van der Waals surface area (Å²) < 4.78 is 5.43. The van der Waals surface area contributed by atoms with Crippen LogP contribution in [0.1, 0.15) is 57.6 Å². The Bertz CT molecular complexity index is 421. The van der Waals surface area contributed by atoms with Crippen LogP contribution in [0.2, 0.25) is 0 Å².